The maximum absolute atomic E-state index is 12.9. The van der Waals surface area contributed by atoms with Crippen LogP contribution < -0.4 is 24.8 Å². The van der Waals surface area contributed by atoms with E-state index in [2.05, 4.69) is 15.4 Å². The first kappa shape index (κ1) is 29.9. The number of methoxy groups -OCH3 is 1. The lowest BCUT2D eigenvalue weighted by molar-refractivity contribution is -0.422. The summed E-state index contributed by atoms with van der Waals surface area (Å²) in [7, 11) is -2.41. The molecular weight excluding hydrogens is 590 g/mol. The Balaban J connectivity index is 1.40. The van der Waals surface area contributed by atoms with Gasteiger partial charge in [-0.3, -0.25) is 20.2 Å². The van der Waals surface area contributed by atoms with Gasteiger partial charge in [-0.2, -0.15) is 0 Å². The average molecular weight is 614 g/mol. The summed E-state index contributed by atoms with van der Waals surface area (Å²) in [4.78, 5) is 33.3. The van der Waals surface area contributed by atoms with E-state index in [1.165, 1.54) is 19.2 Å². The van der Waals surface area contributed by atoms with Crippen molar-refractivity contribution in [2.45, 2.75) is 4.21 Å². The van der Waals surface area contributed by atoms with E-state index < -0.39 is 37.3 Å². The van der Waals surface area contributed by atoms with Crippen LogP contribution >= 0.6 is 11.3 Å². The van der Waals surface area contributed by atoms with Gasteiger partial charge in [0.25, 0.3) is 0 Å². The Morgan fingerprint density at radius 2 is 1.64 bits per heavy atom. The van der Waals surface area contributed by atoms with Gasteiger partial charge < -0.3 is 20.1 Å². The van der Waals surface area contributed by atoms with Crippen LogP contribution in [0.4, 0.5) is 21.9 Å². The molecule has 16 heteroatoms. The molecule has 0 aliphatic carbocycles. The summed E-state index contributed by atoms with van der Waals surface area (Å²) >= 11 is 0.962. The minimum absolute atomic E-state index is 0.00578. The zero-order valence-electron chi connectivity index (χ0n) is 21.8. The van der Waals surface area contributed by atoms with Crippen molar-refractivity contribution in [3.8, 4) is 27.7 Å². The van der Waals surface area contributed by atoms with E-state index in [0.717, 1.165) is 23.5 Å². The van der Waals surface area contributed by atoms with Crippen molar-refractivity contribution >= 4 is 44.5 Å². The van der Waals surface area contributed by atoms with E-state index in [1.54, 1.807) is 54.6 Å². The summed E-state index contributed by atoms with van der Waals surface area (Å²) in [5.74, 6) is 0.819. The number of hydrogen-bond donors (Lipinski definition) is 3. The SMILES string of the molecule is COc1cccc(NC(=O)NCCNS(=O)(=O)c2ccc(-c3ccccc3Oc3ccc([N+](=O)[O-])c([N+](=O)[O-])c3)s2)c1. The normalized spacial score (nSPS) is 11.0. The molecular formula is C26H23N5O9S2. The number of urea groups is 1. The lowest BCUT2D eigenvalue weighted by atomic mass is 10.1. The maximum atomic E-state index is 12.9. The summed E-state index contributed by atoms with van der Waals surface area (Å²) < 4.78 is 39.1. The van der Waals surface area contributed by atoms with Crippen molar-refractivity contribution in [1.29, 1.82) is 0 Å². The molecule has 1 heterocycles. The van der Waals surface area contributed by atoms with Crippen molar-refractivity contribution in [2.24, 2.45) is 0 Å². The van der Waals surface area contributed by atoms with Crippen LogP contribution in [-0.2, 0) is 10.0 Å². The summed E-state index contributed by atoms with van der Waals surface area (Å²) in [6.07, 6.45) is 0. The van der Waals surface area contributed by atoms with Crippen LogP contribution in [0.1, 0.15) is 0 Å². The third-order valence-electron chi connectivity index (χ3n) is 5.60. The van der Waals surface area contributed by atoms with Gasteiger partial charge in [0.15, 0.2) is 0 Å². The predicted molar refractivity (Wildman–Crippen MR) is 155 cm³/mol. The highest BCUT2D eigenvalue weighted by atomic mass is 32.2. The number of thiophene rings is 1. The van der Waals surface area contributed by atoms with Crippen LogP contribution in [0, 0.1) is 20.2 Å². The standard InChI is InChI=1S/C26H23N5O9S2/c1-39-18-6-4-5-17(15-18)29-26(32)27-13-14-28-42(37,38)25-12-11-24(41-25)20-7-2-3-8-23(20)40-19-9-10-21(30(33)34)22(16-19)31(35)36/h2-12,15-16,28H,13-14H2,1H3,(H2,27,29,32). The monoisotopic (exact) mass is 613 g/mol. The third-order valence-corrected chi connectivity index (χ3v) is 8.67. The van der Waals surface area contributed by atoms with Gasteiger partial charge in [0, 0.05) is 41.4 Å². The molecule has 14 nitrogen and oxygen atoms in total. The number of sulfonamides is 1. The second-order valence-electron chi connectivity index (χ2n) is 8.39. The van der Waals surface area contributed by atoms with Crippen molar-refractivity contribution in [3.05, 3.63) is 99.1 Å². The molecule has 218 valence electrons. The smallest absolute Gasteiger partial charge is 0.349 e. The highest BCUT2D eigenvalue weighted by Gasteiger charge is 2.25. The number of ether oxygens (including phenoxy) is 2. The molecule has 0 fully saturated rings. The van der Waals surface area contributed by atoms with E-state index in [-0.39, 0.29) is 28.8 Å². The first-order chi connectivity index (χ1) is 20.1. The zero-order chi connectivity index (χ0) is 30.3. The summed E-state index contributed by atoms with van der Waals surface area (Å²) in [5, 5.41) is 27.6. The van der Waals surface area contributed by atoms with Crippen LogP contribution in [-0.4, -0.2) is 44.5 Å². The highest BCUT2D eigenvalue weighted by molar-refractivity contribution is 7.91. The fraction of sp³-hybridized carbons (Fsp3) is 0.115. The van der Waals surface area contributed by atoms with Crippen molar-refractivity contribution in [3.63, 3.8) is 0 Å². The van der Waals surface area contributed by atoms with E-state index in [4.69, 9.17) is 9.47 Å². The van der Waals surface area contributed by atoms with Crippen LogP contribution in [0.2, 0.25) is 0 Å². The number of nitro groups is 2. The highest BCUT2D eigenvalue weighted by Crippen LogP contribution is 2.39. The number of amides is 2. The molecule has 0 aliphatic rings. The van der Waals surface area contributed by atoms with Crippen molar-refractivity contribution in [1.82, 2.24) is 10.0 Å². The van der Waals surface area contributed by atoms with Gasteiger partial charge in [-0.05, 0) is 42.5 Å². The molecule has 3 N–H and O–H groups in total. The number of anilines is 1. The molecule has 2 amide bonds. The number of nitrogens with zero attached hydrogens (tertiary/aromatic N) is 2. The first-order valence-electron chi connectivity index (χ1n) is 12.1. The lowest BCUT2D eigenvalue weighted by Gasteiger charge is -2.10. The van der Waals surface area contributed by atoms with E-state index in [9.17, 15) is 33.4 Å². The Morgan fingerprint density at radius 1 is 0.881 bits per heavy atom. The average Bonchev–Trinajstić information content (AvgIpc) is 3.47. The zero-order valence-corrected chi connectivity index (χ0v) is 23.4. The Labute approximate surface area is 243 Å². The van der Waals surface area contributed by atoms with Gasteiger partial charge in [-0.1, -0.05) is 18.2 Å². The second kappa shape index (κ2) is 13.1. The molecule has 0 unspecified atom stereocenters. The molecule has 0 aliphatic heterocycles. The summed E-state index contributed by atoms with van der Waals surface area (Å²) in [6, 6.07) is 19.0. The van der Waals surface area contributed by atoms with Crippen molar-refractivity contribution < 1.29 is 32.5 Å². The van der Waals surface area contributed by atoms with Crippen LogP contribution in [0.5, 0.6) is 17.2 Å². The van der Waals surface area contributed by atoms with Gasteiger partial charge in [-0.15, -0.1) is 11.3 Å². The summed E-state index contributed by atoms with van der Waals surface area (Å²) in [5.41, 5.74) is -0.387. The number of hydrogen-bond acceptors (Lipinski definition) is 10. The van der Waals surface area contributed by atoms with Crippen LogP contribution in [0.15, 0.2) is 83.1 Å². The first-order valence-corrected chi connectivity index (χ1v) is 14.4. The largest absolute Gasteiger partial charge is 0.497 e. The molecule has 0 bridgehead atoms. The number of nitrogens with one attached hydrogen (secondary N) is 3. The van der Waals surface area contributed by atoms with Gasteiger partial charge in [-0.25, -0.2) is 17.9 Å². The van der Waals surface area contributed by atoms with Gasteiger partial charge in [0.2, 0.25) is 10.0 Å². The number of rotatable bonds is 12. The maximum Gasteiger partial charge on any atom is 0.349 e. The van der Waals surface area contributed by atoms with Crippen LogP contribution in [0.3, 0.4) is 0 Å². The number of carbonyl (C=O) groups excluding carboxylic acids is 1. The molecule has 4 aromatic rings. The molecule has 0 saturated heterocycles. The van der Waals surface area contributed by atoms with Crippen molar-refractivity contribution in [2.75, 3.05) is 25.5 Å². The summed E-state index contributed by atoms with van der Waals surface area (Å²) in [6.45, 7) is -0.0506. The number of carbonyl (C=O) groups is 1. The predicted octanol–water partition coefficient (Wildman–Crippen LogP) is 5.13. The fourth-order valence-electron chi connectivity index (χ4n) is 3.67. The molecule has 3 aromatic carbocycles. The third kappa shape index (κ3) is 7.36. The van der Waals surface area contributed by atoms with Crippen LogP contribution in [0.25, 0.3) is 10.4 Å². The molecule has 1 aromatic heterocycles. The Bertz CT molecular complexity index is 1740. The topological polar surface area (TPSA) is 192 Å². The molecule has 0 spiro atoms. The minimum atomic E-state index is -3.91. The molecule has 4 rings (SSSR count). The lowest BCUT2D eigenvalue weighted by Crippen LogP contribution is -2.36. The second-order valence-corrected chi connectivity index (χ2v) is 11.5. The van der Waals surface area contributed by atoms with Gasteiger partial charge in [0.05, 0.1) is 23.0 Å². The van der Waals surface area contributed by atoms with Gasteiger partial charge in [0.1, 0.15) is 21.5 Å². The molecule has 0 atom stereocenters. The van der Waals surface area contributed by atoms with E-state index >= 15 is 0 Å². The molecule has 0 saturated carbocycles. The number of nitro benzene ring substituents is 2. The Kier molecular flexibility index (Phi) is 9.31. The van der Waals surface area contributed by atoms with Gasteiger partial charge >= 0.3 is 17.4 Å². The Hall–Kier alpha value is -5.06. The quantitative estimate of drug-likeness (QED) is 0.110. The Morgan fingerprint density at radius 3 is 2.38 bits per heavy atom. The minimum Gasteiger partial charge on any atom is -0.497 e. The molecule has 0 radical (unpaired) electrons. The van der Waals surface area contributed by atoms with E-state index in [1.807, 2.05) is 0 Å². The fourth-order valence-corrected chi connectivity index (χ4v) is 6.08. The number of para-hydroxylation sites is 1. The molecule has 42 heavy (non-hydrogen) atoms. The van der Waals surface area contributed by atoms with E-state index in [0.29, 0.717) is 21.9 Å². The number of benzene rings is 3.